The first kappa shape index (κ1) is 21.4. The van der Waals surface area contributed by atoms with Crippen molar-refractivity contribution < 1.29 is 27.1 Å². The Labute approximate surface area is 163 Å². The number of nitrogens with zero attached hydrogens (tertiary/aromatic N) is 2. The van der Waals surface area contributed by atoms with Crippen molar-refractivity contribution in [3.8, 4) is 11.5 Å². The van der Waals surface area contributed by atoms with Gasteiger partial charge in [0.1, 0.15) is 17.5 Å². The number of carbonyl (C=O) groups is 1. The van der Waals surface area contributed by atoms with Gasteiger partial charge in [0.05, 0.1) is 14.2 Å². The van der Waals surface area contributed by atoms with Crippen molar-refractivity contribution in [2.75, 3.05) is 20.5 Å². The predicted molar refractivity (Wildman–Crippen MR) is 102 cm³/mol. The van der Waals surface area contributed by atoms with Crippen LogP contribution < -0.4 is 14.8 Å². The third kappa shape index (κ3) is 5.32. The van der Waals surface area contributed by atoms with E-state index >= 15 is 0 Å². The van der Waals surface area contributed by atoms with Crippen LogP contribution in [-0.4, -0.2) is 45.0 Å². The molecule has 0 aliphatic carbocycles. The highest BCUT2D eigenvalue weighted by Crippen LogP contribution is 2.25. The molecule has 0 unspecified atom stereocenters. The third-order valence-corrected chi connectivity index (χ3v) is 4.62. The number of methoxy groups -OCH3 is 2. The summed E-state index contributed by atoms with van der Waals surface area (Å²) in [6, 6.07) is 4.57. The summed E-state index contributed by atoms with van der Waals surface area (Å²) in [7, 11) is -0.546. The standard InChI is InChI=1S/C18H23N3O6S/c1-11(2)16(17-20-21-18(27-17)28(5,23)24)19-15(22)9-6-12-10-13(25-3)7-8-14(12)26-4/h6-11,16H,1-5H3,(H,19,22)/b9-6+/t16-/m0/s1. The Morgan fingerprint density at radius 1 is 1.21 bits per heavy atom. The maximum atomic E-state index is 12.4. The van der Waals surface area contributed by atoms with Crippen molar-refractivity contribution in [3.05, 3.63) is 35.7 Å². The van der Waals surface area contributed by atoms with Crippen LogP contribution in [0, 0.1) is 5.92 Å². The number of ether oxygens (including phenoxy) is 2. The topological polar surface area (TPSA) is 121 Å². The number of sulfone groups is 1. The normalized spacial score (nSPS) is 12.9. The van der Waals surface area contributed by atoms with Crippen LogP contribution in [0.15, 0.2) is 33.9 Å². The largest absolute Gasteiger partial charge is 0.497 e. The van der Waals surface area contributed by atoms with E-state index in [-0.39, 0.29) is 11.8 Å². The molecule has 1 heterocycles. The van der Waals surface area contributed by atoms with Crippen LogP contribution in [0.4, 0.5) is 0 Å². The molecule has 1 amide bonds. The van der Waals surface area contributed by atoms with E-state index in [1.54, 1.807) is 31.4 Å². The molecule has 0 bridgehead atoms. The van der Waals surface area contributed by atoms with E-state index < -0.39 is 27.0 Å². The molecule has 0 radical (unpaired) electrons. The fraction of sp³-hybridized carbons (Fsp3) is 0.389. The molecule has 28 heavy (non-hydrogen) atoms. The summed E-state index contributed by atoms with van der Waals surface area (Å²) in [5.74, 6) is 0.704. The van der Waals surface area contributed by atoms with Crippen LogP contribution >= 0.6 is 0 Å². The quantitative estimate of drug-likeness (QED) is 0.657. The van der Waals surface area contributed by atoms with Gasteiger partial charge in [-0.2, -0.15) is 0 Å². The number of nitrogens with one attached hydrogen (secondary N) is 1. The summed E-state index contributed by atoms with van der Waals surface area (Å²) in [5, 5.41) is 9.54. The van der Waals surface area contributed by atoms with Gasteiger partial charge < -0.3 is 19.2 Å². The molecule has 1 aromatic carbocycles. The van der Waals surface area contributed by atoms with Crippen LogP contribution in [0.1, 0.15) is 31.3 Å². The molecule has 1 N–H and O–H groups in total. The number of hydrogen-bond donors (Lipinski definition) is 1. The molecule has 2 rings (SSSR count). The van der Waals surface area contributed by atoms with Gasteiger partial charge in [0.25, 0.3) is 0 Å². The highest BCUT2D eigenvalue weighted by molar-refractivity contribution is 7.90. The Morgan fingerprint density at radius 2 is 1.93 bits per heavy atom. The number of benzene rings is 1. The molecule has 10 heteroatoms. The third-order valence-electron chi connectivity index (χ3n) is 3.82. The fourth-order valence-electron chi connectivity index (χ4n) is 2.35. The van der Waals surface area contributed by atoms with E-state index in [2.05, 4.69) is 15.5 Å². The van der Waals surface area contributed by atoms with Crippen LogP contribution in [0.5, 0.6) is 11.5 Å². The molecule has 0 saturated carbocycles. The maximum absolute atomic E-state index is 12.4. The summed E-state index contributed by atoms with van der Waals surface area (Å²) in [4.78, 5) is 12.4. The first-order valence-electron chi connectivity index (χ1n) is 8.39. The molecular weight excluding hydrogens is 386 g/mol. The van der Waals surface area contributed by atoms with E-state index in [1.807, 2.05) is 13.8 Å². The minimum absolute atomic E-state index is 0.0242. The average molecular weight is 409 g/mol. The Hall–Kier alpha value is -2.88. The first-order chi connectivity index (χ1) is 13.2. The Morgan fingerprint density at radius 3 is 2.46 bits per heavy atom. The van der Waals surface area contributed by atoms with E-state index in [9.17, 15) is 13.2 Å². The first-order valence-corrected chi connectivity index (χ1v) is 10.3. The second kappa shape index (κ2) is 8.87. The molecule has 1 atom stereocenters. The second-order valence-corrected chi connectivity index (χ2v) is 8.24. The smallest absolute Gasteiger partial charge is 0.335 e. The van der Waals surface area contributed by atoms with Crippen molar-refractivity contribution in [2.24, 2.45) is 5.92 Å². The van der Waals surface area contributed by atoms with Gasteiger partial charge in [0.15, 0.2) is 0 Å². The summed E-state index contributed by atoms with van der Waals surface area (Å²) < 4.78 is 38.7. The van der Waals surface area contributed by atoms with Gasteiger partial charge in [-0.05, 0) is 30.2 Å². The molecule has 9 nitrogen and oxygen atoms in total. The zero-order valence-corrected chi connectivity index (χ0v) is 17.1. The molecule has 2 aromatic rings. The SMILES string of the molecule is COc1ccc(OC)c(/C=C/C(=O)N[C@H](c2nnc(S(C)(=O)=O)o2)C(C)C)c1. The maximum Gasteiger partial charge on any atom is 0.335 e. The second-order valence-electron chi connectivity index (χ2n) is 6.35. The average Bonchev–Trinajstić information content (AvgIpc) is 3.14. The molecular formula is C18H23N3O6S. The number of amides is 1. The van der Waals surface area contributed by atoms with Crippen LogP contribution in [0.2, 0.25) is 0 Å². The summed E-state index contributed by atoms with van der Waals surface area (Å²) in [6.07, 6.45) is 3.89. The van der Waals surface area contributed by atoms with Crippen molar-refractivity contribution in [2.45, 2.75) is 25.1 Å². The minimum atomic E-state index is -3.62. The van der Waals surface area contributed by atoms with Gasteiger partial charge in [-0.15, -0.1) is 5.10 Å². The minimum Gasteiger partial charge on any atom is -0.497 e. The summed E-state index contributed by atoms with van der Waals surface area (Å²) >= 11 is 0. The van der Waals surface area contributed by atoms with Gasteiger partial charge in [0, 0.05) is 17.9 Å². The summed E-state index contributed by atoms with van der Waals surface area (Å²) in [5.41, 5.74) is 0.662. The van der Waals surface area contributed by atoms with Crippen molar-refractivity contribution in [1.82, 2.24) is 15.5 Å². The van der Waals surface area contributed by atoms with Gasteiger partial charge >= 0.3 is 5.22 Å². The lowest BCUT2D eigenvalue weighted by molar-refractivity contribution is -0.117. The van der Waals surface area contributed by atoms with E-state index in [0.717, 1.165) is 6.26 Å². The lowest BCUT2D eigenvalue weighted by atomic mass is 10.0. The van der Waals surface area contributed by atoms with Gasteiger partial charge in [-0.3, -0.25) is 4.79 Å². The van der Waals surface area contributed by atoms with Crippen LogP contribution in [-0.2, 0) is 14.6 Å². The molecule has 1 aromatic heterocycles. The molecule has 0 spiro atoms. The molecule has 0 saturated heterocycles. The lowest BCUT2D eigenvalue weighted by Crippen LogP contribution is -2.30. The number of rotatable bonds is 8. The van der Waals surface area contributed by atoms with E-state index in [4.69, 9.17) is 13.9 Å². The molecule has 0 fully saturated rings. The van der Waals surface area contributed by atoms with Crippen LogP contribution in [0.3, 0.4) is 0 Å². The fourth-order valence-corrected chi connectivity index (χ4v) is 2.77. The Kier molecular flexibility index (Phi) is 6.79. The Bertz CT molecular complexity index is 965. The number of aromatic nitrogens is 2. The van der Waals surface area contributed by atoms with Gasteiger partial charge in [-0.1, -0.05) is 18.9 Å². The molecule has 0 aliphatic rings. The highest BCUT2D eigenvalue weighted by Gasteiger charge is 2.26. The number of carbonyl (C=O) groups excluding carboxylic acids is 1. The predicted octanol–water partition coefficient (Wildman–Crippen LogP) is 2.02. The van der Waals surface area contributed by atoms with Crippen molar-refractivity contribution >= 4 is 21.8 Å². The zero-order chi connectivity index (χ0) is 20.9. The van der Waals surface area contributed by atoms with Gasteiger partial charge in [-0.25, -0.2) is 8.42 Å². The Balaban J connectivity index is 2.19. The van der Waals surface area contributed by atoms with E-state index in [0.29, 0.717) is 17.1 Å². The molecule has 152 valence electrons. The number of hydrogen-bond acceptors (Lipinski definition) is 8. The summed E-state index contributed by atoms with van der Waals surface area (Å²) in [6.45, 7) is 3.67. The van der Waals surface area contributed by atoms with Crippen LogP contribution in [0.25, 0.3) is 6.08 Å². The monoisotopic (exact) mass is 409 g/mol. The van der Waals surface area contributed by atoms with Gasteiger partial charge in [0.2, 0.25) is 21.6 Å². The lowest BCUT2D eigenvalue weighted by Gasteiger charge is -2.17. The zero-order valence-electron chi connectivity index (χ0n) is 16.3. The van der Waals surface area contributed by atoms with E-state index in [1.165, 1.54) is 13.2 Å². The highest BCUT2D eigenvalue weighted by atomic mass is 32.2. The van der Waals surface area contributed by atoms with Crippen molar-refractivity contribution in [3.63, 3.8) is 0 Å². The molecule has 0 aliphatic heterocycles. The van der Waals surface area contributed by atoms with Crippen molar-refractivity contribution in [1.29, 1.82) is 0 Å².